The van der Waals surface area contributed by atoms with Crippen LogP contribution in [-0.2, 0) is 21.2 Å². The molecule has 1 aromatic heterocycles. The molecule has 1 atom stereocenters. The molecule has 0 spiro atoms. The maximum atomic E-state index is 12.7. The first-order valence-electron chi connectivity index (χ1n) is 8.16. The molecule has 2 aromatic rings. The molecule has 2 heterocycles. The number of amides is 1. The fourth-order valence-electron chi connectivity index (χ4n) is 2.92. The summed E-state index contributed by atoms with van der Waals surface area (Å²) < 4.78 is 34.7. The van der Waals surface area contributed by atoms with E-state index in [-0.39, 0.29) is 36.6 Å². The normalized spacial score (nSPS) is 18.8. The Morgan fingerprint density at radius 2 is 2.00 bits per heavy atom. The molecule has 1 aromatic carbocycles. The largest absolute Gasteiger partial charge is 0.484 e. The average Bonchev–Trinajstić information content (AvgIpc) is 3.16. The van der Waals surface area contributed by atoms with E-state index in [2.05, 4.69) is 0 Å². The number of sulfone groups is 1. The second-order valence-corrected chi connectivity index (χ2v) is 8.42. The summed E-state index contributed by atoms with van der Waals surface area (Å²) in [5.41, 5.74) is 0. The number of benzene rings is 1. The van der Waals surface area contributed by atoms with Gasteiger partial charge in [0.15, 0.2) is 16.4 Å². The SMILES string of the molecule is Cc1ccc(CN(C(=O)COc2ccccc2)[C@@H]2CCS(=O)(=O)C2)o1. The van der Waals surface area contributed by atoms with E-state index < -0.39 is 9.84 Å². The Balaban J connectivity index is 1.71. The van der Waals surface area contributed by atoms with Crippen molar-refractivity contribution in [2.75, 3.05) is 18.1 Å². The third kappa shape index (κ3) is 4.63. The number of rotatable bonds is 6. The highest BCUT2D eigenvalue weighted by atomic mass is 32.2. The Morgan fingerprint density at radius 3 is 2.60 bits per heavy atom. The van der Waals surface area contributed by atoms with E-state index in [0.29, 0.717) is 17.9 Å². The van der Waals surface area contributed by atoms with E-state index >= 15 is 0 Å². The fourth-order valence-corrected chi connectivity index (χ4v) is 4.66. The molecule has 0 bridgehead atoms. The molecule has 6 nitrogen and oxygen atoms in total. The summed E-state index contributed by atoms with van der Waals surface area (Å²) in [5.74, 6) is 1.84. The first kappa shape index (κ1) is 17.5. The number of aryl methyl sites for hydroxylation is 1. The molecular formula is C18H21NO5S. The van der Waals surface area contributed by atoms with Crippen molar-refractivity contribution in [1.82, 2.24) is 4.90 Å². The third-order valence-corrected chi connectivity index (χ3v) is 5.95. The molecule has 0 aliphatic carbocycles. The summed E-state index contributed by atoms with van der Waals surface area (Å²) in [5, 5.41) is 0. The minimum atomic E-state index is -3.09. The molecule has 0 radical (unpaired) electrons. The highest BCUT2D eigenvalue weighted by Gasteiger charge is 2.35. The Labute approximate surface area is 147 Å². The van der Waals surface area contributed by atoms with Gasteiger partial charge in [0.25, 0.3) is 5.91 Å². The summed E-state index contributed by atoms with van der Waals surface area (Å²) in [6.07, 6.45) is 0.444. The summed E-state index contributed by atoms with van der Waals surface area (Å²) in [4.78, 5) is 14.3. The van der Waals surface area contributed by atoms with Crippen LogP contribution in [-0.4, -0.2) is 43.4 Å². The van der Waals surface area contributed by atoms with E-state index in [0.717, 1.165) is 5.76 Å². The van der Waals surface area contributed by atoms with Gasteiger partial charge in [0.05, 0.1) is 18.1 Å². The van der Waals surface area contributed by atoms with Gasteiger partial charge in [-0.05, 0) is 37.6 Å². The first-order chi connectivity index (χ1) is 11.9. The van der Waals surface area contributed by atoms with Crippen LogP contribution in [0.1, 0.15) is 17.9 Å². The second-order valence-electron chi connectivity index (χ2n) is 6.19. The van der Waals surface area contributed by atoms with Crippen LogP contribution in [0.25, 0.3) is 0 Å². The maximum absolute atomic E-state index is 12.7. The van der Waals surface area contributed by atoms with Crippen LogP contribution in [0.5, 0.6) is 5.75 Å². The average molecular weight is 363 g/mol. The summed E-state index contributed by atoms with van der Waals surface area (Å²) >= 11 is 0. The van der Waals surface area contributed by atoms with Gasteiger partial charge in [-0.1, -0.05) is 18.2 Å². The van der Waals surface area contributed by atoms with Gasteiger partial charge < -0.3 is 14.1 Å². The lowest BCUT2D eigenvalue weighted by Crippen LogP contribution is -2.43. The van der Waals surface area contributed by atoms with Gasteiger partial charge in [-0.25, -0.2) is 8.42 Å². The fraction of sp³-hybridized carbons (Fsp3) is 0.389. The molecule has 0 N–H and O–H groups in total. The predicted molar refractivity (Wildman–Crippen MR) is 93.0 cm³/mol. The first-order valence-corrected chi connectivity index (χ1v) is 9.98. The standard InChI is InChI=1S/C18H21NO5S/c1-14-7-8-17(24-14)11-19(15-9-10-25(21,22)13-15)18(20)12-23-16-5-3-2-4-6-16/h2-8,15H,9-13H2,1H3/t15-/m1/s1. The molecule has 1 aliphatic heterocycles. The van der Waals surface area contributed by atoms with Gasteiger partial charge in [-0.15, -0.1) is 0 Å². The molecule has 1 saturated heterocycles. The summed E-state index contributed by atoms with van der Waals surface area (Å²) in [7, 11) is -3.09. The highest BCUT2D eigenvalue weighted by molar-refractivity contribution is 7.91. The minimum Gasteiger partial charge on any atom is -0.484 e. The zero-order valence-corrected chi connectivity index (χ0v) is 14.9. The van der Waals surface area contributed by atoms with Crippen molar-refractivity contribution < 1.29 is 22.4 Å². The highest BCUT2D eigenvalue weighted by Crippen LogP contribution is 2.21. The number of hydrogen-bond acceptors (Lipinski definition) is 5. The van der Waals surface area contributed by atoms with Crippen LogP contribution in [0.3, 0.4) is 0 Å². The van der Waals surface area contributed by atoms with Crippen LogP contribution >= 0.6 is 0 Å². The van der Waals surface area contributed by atoms with Crippen molar-refractivity contribution >= 4 is 15.7 Å². The lowest BCUT2D eigenvalue weighted by Gasteiger charge is -2.27. The van der Waals surface area contributed by atoms with Gasteiger partial charge in [-0.3, -0.25) is 4.79 Å². The van der Waals surface area contributed by atoms with Gasteiger partial charge in [0, 0.05) is 6.04 Å². The topological polar surface area (TPSA) is 76.8 Å². The van der Waals surface area contributed by atoms with E-state index in [4.69, 9.17) is 9.15 Å². The number of furan rings is 1. The lowest BCUT2D eigenvalue weighted by atomic mass is 10.2. The minimum absolute atomic E-state index is 0.0102. The van der Waals surface area contributed by atoms with Crippen LogP contribution in [0, 0.1) is 6.92 Å². The third-order valence-electron chi connectivity index (χ3n) is 4.20. The van der Waals surface area contributed by atoms with E-state index in [9.17, 15) is 13.2 Å². The Morgan fingerprint density at radius 1 is 1.24 bits per heavy atom. The monoisotopic (exact) mass is 363 g/mol. The van der Waals surface area contributed by atoms with Crippen LogP contribution in [0.2, 0.25) is 0 Å². The predicted octanol–water partition coefficient (Wildman–Crippen LogP) is 2.18. The maximum Gasteiger partial charge on any atom is 0.261 e. The molecule has 0 saturated carbocycles. The van der Waals surface area contributed by atoms with Gasteiger partial charge in [0.2, 0.25) is 0 Å². The number of carbonyl (C=O) groups excluding carboxylic acids is 1. The lowest BCUT2D eigenvalue weighted by molar-refractivity contribution is -0.136. The number of para-hydroxylation sites is 1. The van der Waals surface area contributed by atoms with E-state index in [1.807, 2.05) is 31.2 Å². The van der Waals surface area contributed by atoms with Crippen LogP contribution < -0.4 is 4.74 Å². The molecule has 1 aliphatic rings. The van der Waals surface area contributed by atoms with Crippen molar-refractivity contribution in [1.29, 1.82) is 0 Å². The summed E-state index contributed by atoms with van der Waals surface area (Å²) in [6, 6.07) is 12.3. The Hall–Kier alpha value is -2.28. The quantitative estimate of drug-likeness (QED) is 0.786. The molecule has 7 heteroatoms. The number of hydrogen-bond donors (Lipinski definition) is 0. The van der Waals surface area contributed by atoms with Crippen LogP contribution in [0.4, 0.5) is 0 Å². The number of ether oxygens (including phenoxy) is 1. The zero-order valence-electron chi connectivity index (χ0n) is 14.1. The number of carbonyl (C=O) groups is 1. The second kappa shape index (κ2) is 7.31. The van der Waals surface area contributed by atoms with Crippen molar-refractivity contribution in [2.24, 2.45) is 0 Å². The van der Waals surface area contributed by atoms with Gasteiger partial charge in [0.1, 0.15) is 17.3 Å². The van der Waals surface area contributed by atoms with Gasteiger partial charge >= 0.3 is 0 Å². The van der Waals surface area contributed by atoms with Crippen LogP contribution in [0.15, 0.2) is 46.9 Å². The van der Waals surface area contributed by atoms with E-state index in [1.54, 1.807) is 23.1 Å². The molecule has 3 rings (SSSR count). The summed E-state index contributed by atoms with van der Waals surface area (Å²) in [6.45, 7) is 1.93. The molecule has 134 valence electrons. The Bertz CT molecular complexity index is 828. The van der Waals surface area contributed by atoms with Gasteiger partial charge in [-0.2, -0.15) is 0 Å². The molecule has 1 amide bonds. The van der Waals surface area contributed by atoms with Crippen molar-refractivity contribution in [2.45, 2.75) is 25.9 Å². The molecular weight excluding hydrogens is 342 g/mol. The molecule has 25 heavy (non-hydrogen) atoms. The van der Waals surface area contributed by atoms with Crippen molar-refractivity contribution in [3.63, 3.8) is 0 Å². The van der Waals surface area contributed by atoms with E-state index in [1.165, 1.54) is 0 Å². The zero-order chi connectivity index (χ0) is 17.9. The smallest absolute Gasteiger partial charge is 0.261 e. The molecule has 1 fully saturated rings. The van der Waals surface area contributed by atoms with Crippen molar-refractivity contribution in [3.8, 4) is 5.75 Å². The molecule has 0 unspecified atom stereocenters. The Kier molecular flexibility index (Phi) is 5.13. The van der Waals surface area contributed by atoms with Crippen molar-refractivity contribution in [3.05, 3.63) is 54.0 Å². The number of nitrogens with zero attached hydrogens (tertiary/aromatic N) is 1.